The molecule has 0 atom stereocenters. The average molecular weight is 324 g/mol. The SMILES string of the molecule is Cc1cccn2cc(-c3ccc(NC(C#N)=C(C#N)C#N)cc3)nc12. The molecule has 0 aliphatic heterocycles. The molecule has 1 aromatic carbocycles. The van der Waals surface area contributed by atoms with Gasteiger partial charge in [-0.25, -0.2) is 4.98 Å². The van der Waals surface area contributed by atoms with Crippen LogP contribution in [0, 0.1) is 40.9 Å². The minimum absolute atomic E-state index is 0.0684. The Morgan fingerprint density at radius 3 is 2.36 bits per heavy atom. The summed E-state index contributed by atoms with van der Waals surface area (Å²) in [6, 6.07) is 16.5. The van der Waals surface area contributed by atoms with E-state index < -0.39 is 0 Å². The van der Waals surface area contributed by atoms with Crippen molar-refractivity contribution in [1.82, 2.24) is 9.38 Å². The summed E-state index contributed by atoms with van der Waals surface area (Å²) in [5, 5.41) is 29.6. The van der Waals surface area contributed by atoms with Crippen molar-refractivity contribution < 1.29 is 0 Å². The number of hydrogen-bond donors (Lipinski definition) is 1. The Balaban J connectivity index is 1.91. The second kappa shape index (κ2) is 6.58. The molecule has 0 unspecified atom stereocenters. The van der Waals surface area contributed by atoms with Gasteiger partial charge in [0.05, 0.1) is 5.69 Å². The predicted molar refractivity (Wildman–Crippen MR) is 92.9 cm³/mol. The van der Waals surface area contributed by atoms with E-state index in [0.29, 0.717) is 5.69 Å². The minimum atomic E-state index is -0.248. The predicted octanol–water partition coefficient (Wildman–Crippen LogP) is 3.55. The molecule has 0 amide bonds. The molecule has 2 aromatic heterocycles. The second-order valence-corrected chi connectivity index (χ2v) is 5.34. The van der Waals surface area contributed by atoms with Crippen molar-refractivity contribution >= 4 is 11.3 Å². The number of aromatic nitrogens is 2. The number of aryl methyl sites for hydroxylation is 1. The van der Waals surface area contributed by atoms with E-state index in [1.165, 1.54) is 0 Å². The first-order valence-corrected chi connectivity index (χ1v) is 7.42. The number of fused-ring (bicyclic) bond motifs is 1. The molecule has 0 fully saturated rings. The number of nitriles is 3. The molecule has 118 valence electrons. The number of imidazole rings is 1. The van der Waals surface area contributed by atoms with Gasteiger partial charge in [-0.05, 0) is 30.7 Å². The molecule has 6 nitrogen and oxygen atoms in total. The molecule has 0 aliphatic carbocycles. The number of rotatable bonds is 3. The van der Waals surface area contributed by atoms with Crippen LogP contribution in [0.15, 0.2) is 60.1 Å². The van der Waals surface area contributed by atoms with Crippen molar-refractivity contribution in [2.75, 3.05) is 5.32 Å². The standard InChI is InChI=1S/C19H12N6/c1-13-3-2-8-25-12-18(24-19(13)25)14-4-6-16(7-5-14)23-17(11-22)15(9-20)10-21/h2-8,12,23H,1H3. The third-order valence-corrected chi connectivity index (χ3v) is 3.71. The summed E-state index contributed by atoms with van der Waals surface area (Å²) in [5.41, 5.74) is 4.06. The quantitative estimate of drug-likeness (QED) is 0.742. The van der Waals surface area contributed by atoms with Gasteiger partial charge in [0, 0.05) is 23.6 Å². The summed E-state index contributed by atoms with van der Waals surface area (Å²) >= 11 is 0. The summed E-state index contributed by atoms with van der Waals surface area (Å²) < 4.78 is 1.97. The van der Waals surface area contributed by atoms with Gasteiger partial charge in [0.1, 0.15) is 29.6 Å². The fourth-order valence-electron chi connectivity index (χ4n) is 2.44. The van der Waals surface area contributed by atoms with Gasteiger partial charge in [-0.1, -0.05) is 18.2 Å². The Morgan fingerprint density at radius 1 is 1.04 bits per heavy atom. The number of nitrogens with zero attached hydrogens (tertiary/aromatic N) is 5. The summed E-state index contributed by atoms with van der Waals surface area (Å²) in [6.07, 6.45) is 3.90. The van der Waals surface area contributed by atoms with Crippen LogP contribution in [0.4, 0.5) is 5.69 Å². The Kier molecular flexibility index (Phi) is 4.16. The highest BCUT2D eigenvalue weighted by Crippen LogP contribution is 2.23. The summed E-state index contributed by atoms with van der Waals surface area (Å²) in [4.78, 5) is 4.64. The van der Waals surface area contributed by atoms with Crippen molar-refractivity contribution in [1.29, 1.82) is 15.8 Å². The highest BCUT2D eigenvalue weighted by atomic mass is 15.0. The van der Waals surface area contributed by atoms with Crippen LogP contribution in [-0.2, 0) is 0 Å². The molecule has 0 aliphatic rings. The normalized spacial score (nSPS) is 9.68. The Bertz CT molecular complexity index is 1080. The van der Waals surface area contributed by atoms with Gasteiger partial charge in [-0.15, -0.1) is 0 Å². The number of pyridine rings is 1. The minimum Gasteiger partial charge on any atom is -0.345 e. The topological polar surface area (TPSA) is 101 Å². The van der Waals surface area contributed by atoms with Gasteiger partial charge in [0.2, 0.25) is 0 Å². The first-order chi connectivity index (χ1) is 12.2. The Labute approximate surface area is 144 Å². The monoisotopic (exact) mass is 324 g/mol. The first-order valence-electron chi connectivity index (χ1n) is 7.42. The number of nitrogens with one attached hydrogen (secondary N) is 1. The molecule has 0 spiro atoms. The van der Waals surface area contributed by atoms with Gasteiger partial charge < -0.3 is 9.72 Å². The molecule has 0 saturated heterocycles. The van der Waals surface area contributed by atoms with Gasteiger partial charge >= 0.3 is 0 Å². The molecule has 3 rings (SSSR count). The molecule has 3 aromatic rings. The summed E-state index contributed by atoms with van der Waals surface area (Å²) in [7, 11) is 0. The van der Waals surface area contributed by atoms with Crippen molar-refractivity contribution in [3.8, 4) is 29.5 Å². The van der Waals surface area contributed by atoms with Crippen LogP contribution in [0.25, 0.3) is 16.9 Å². The molecule has 0 bridgehead atoms. The van der Waals surface area contributed by atoms with E-state index >= 15 is 0 Å². The number of benzene rings is 1. The van der Waals surface area contributed by atoms with Crippen molar-refractivity contribution in [2.45, 2.75) is 6.92 Å². The zero-order chi connectivity index (χ0) is 17.8. The zero-order valence-corrected chi connectivity index (χ0v) is 13.4. The zero-order valence-electron chi connectivity index (χ0n) is 13.4. The van der Waals surface area contributed by atoms with Gasteiger partial charge in [-0.3, -0.25) is 0 Å². The number of allylic oxidation sites excluding steroid dienone is 2. The van der Waals surface area contributed by atoms with Crippen LogP contribution in [0.1, 0.15) is 5.56 Å². The highest BCUT2D eigenvalue weighted by molar-refractivity contribution is 5.67. The molecular formula is C19H12N6. The molecule has 1 N–H and O–H groups in total. The van der Waals surface area contributed by atoms with E-state index in [1.54, 1.807) is 24.3 Å². The molecular weight excluding hydrogens is 312 g/mol. The van der Waals surface area contributed by atoms with Gasteiger partial charge in [0.25, 0.3) is 0 Å². The lowest BCUT2D eigenvalue weighted by atomic mass is 10.1. The maximum atomic E-state index is 9.07. The van der Waals surface area contributed by atoms with E-state index in [9.17, 15) is 0 Å². The lowest BCUT2D eigenvalue weighted by Crippen LogP contribution is -2.00. The smallest absolute Gasteiger partial charge is 0.163 e. The van der Waals surface area contributed by atoms with E-state index in [-0.39, 0.29) is 11.3 Å². The van der Waals surface area contributed by atoms with E-state index in [4.69, 9.17) is 15.8 Å². The number of hydrogen-bond acceptors (Lipinski definition) is 5. The molecule has 25 heavy (non-hydrogen) atoms. The number of anilines is 1. The van der Waals surface area contributed by atoms with Crippen molar-refractivity contribution in [3.63, 3.8) is 0 Å². The molecule has 2 heterocycles. The third kappa shape index (κ3) is 3.03. The van der Waals surface area contributed by atoms with E-state index in [2.05, 4.69) is 10.3 Å². The van der Waals surface area contributed by atoms with Crippen LogP contribution in [0.2, 0.25) is 0 Å². The van der Waals surface area contributed by atoms with Gasteiger partial charge in [-0.2, -0.15) is 15.8 Å². The first kappa shape index (κ1) is 15.8. The lowest BCUT2D eigenvalue weighted by molar-refractivity contribution is 1.16. The summed E-state index contributed by atoms with van der Waals surface area (Å²) in [6.45, 7) is 2.01. The average Bonchev–Trinajstić information content (AvgIpc) is 3.08. The van der Waals surface area contributed by atoms with Gasteiger partial charge in [0.15, 0.2) is 5.57 Å². The van der Waals surface area contributed by atoms with Crippen molar-refractivity contribution in [3.05, 3.63) is 65.6 Å². The Morgan fingerprint density at radius 2 is 1.76 bits per heavy atom. The fourth-order valence-corrected chi connectivity index (χ4v) is 2.44. The lowest BCUT2D eigenvalue weighted by Gasteiger charge is -2.05. The largest absolute Gasteiger partial charge is 0.345 e. The maximum Gasteiger partial charge on any atom is 0.163 e. The molecule has 0 saturated carbocycles. The highest BCUT2D eigenvalue weighted by Gasteiger charge is 2.08. The van der Waals surface area contributed by atoms with Crippen LogP contribution in [0.3, 0.4) is 0 Å². The van der Waals surface area contributed by atoms with Crippen LogP contribution < -0.4 is 5.32 Å². The van der Waals surface area contributed by atoms with E-state index in [1.807, 2.05) is 54.1 Å². The Hall–Kier alpha value is -4.08. The second-order valence-electron chi connectivity index (χ2n) is 5.34. The maximum absolute atomic E-state index is 9.07. The third-order valence-electron chi connectivity index (χ3n) is 3.71. The molecule has 0 radical (unpaired) electrons. The van der Waals surface area contributed by atoms with Crippen LogP contribution >= 0.6 is 0 Å². The van der Waals surface area contributed by atoms with Crippen LogP contribution in [0.5, 0.6) is 0 Å². The van der Waals surface area contributed by atoms with Crippen LogP contribution in [-0.4, -0.2) is 9.38 Å². The molecule has 6 heteroatoms. The van der Waals surface area contributed by atoms with Crippen molar-refractivity contribution in [2.24, 2.45) is 0 Å². The summed E-state index contributed by atoms with van der Waals surface area (Å²) in [5.74, 6) is 0. The fraction of sp³-hybridized carbons (Fsp3) is 0.0526. The van der Waals surface area contributed by atoms with E-state index in [0.717, 1.165) is 22.5 Å².